The molecule has 186 valence electrons. The van der Waals surface area contributed by atoms with E-state index in [0.717, 1.165) is 16.7 Å². The molecule has 0 aliphatic rings. The lowest BCUT2D eigenvalue weighted by molar-refractivity contribution is -0.111. The van der Waals surface area contributed by atoms with Crippen molar-refractivity contribution in [2.45, 2.75) is 6.42 Å². The van der Waals surface area contributed by atoms with Crippen LogP contribution in [0.5, 0.6) is 23.0 Å². The predicted octanol–water partition coefficient (Wildman–Crippen LogP) is 6.07. The minimum absolute atomic E-state index is 0.115. The molecule has 0 fully saturated rings. The van der Waals surface area contributed by atoms with Crippen molar-refractivity contribution in [3.8, 4) is 23.0 Å². The molecule has 3 aromatic rings. The van der Waals surface area contributed by atoms with Crippen LogP contribution in [0.4, 0.5) is 0 Å². The van der Waals surface area contributed by atoms with Crippen molar-refractivity contribution in [1.29, 1.82) is 0 Å². The quantitative estimate of drug-likeness (QED) is 0.201. The number of aliphatic hydroxyl groups excluding tert-OH is 1. The fourth-order valence-corrected chi connectivity index (χ4v) is 3.57. The SMILES string of the molecule is COc1ccc(C=CC(=O)C(Cc2ccccc2)=C(O)C=Cc2ccc(OC)c(OC)c2)cc1OC. The molecule has 0 heterocycles. The van der Waals surface area contributed by atoms with E-state index < -0.39 is 0 Å². The van der Waals surface area contributed by atoms with E-state index in [2.05, 4.69) is 0 Å². The molecule has 0 bridgehead atoms. The lowest BCUT2D eigenvalue weighted by atomic mass is 9.99. The summed E-state index contributed by atoms with van der Waals surface area (Å²) in [5.41, 5.74) is 2.73. The molecular weight excluding hydrogens is 456 g/mol. The average molecular weight is 487 g/mol. The Morgan fingerprint density at radius 1 is 0.694 bits per heavy atom. The van der Waals surface area contributed by atoms with Crippen LogP contribution in [0.15, 0.2) is 90.2 Å². The van der Waals surface area contributed by atoms with Gasteiger partial charge in [-0.3, -0.25) is 4.79 Å². The monoisotopic (exact) mass is 486 g/mol. The largest absolute Gasteiger partial charge is 0.508 e. The molecule has 0 aliphatic heterocycles. The number of carbonyl (C=O) groups is 1. The van der Waals surface area contributed by atoms with Gasteiger partial charge in [-0.05, 0) is 53.1 Å². The number of allylic oxidation sites excluding steroid dienone is 3. The summed E-state index contributed by atoms with van der Waals surface area (Å²) in [7, 11) is 6.25. The molecule has 3 aromatic carbocycles. The van der Waals surface area contributed by atoms with Gasteiger partial charge in [-0.25, -0.2) is 0 Å². The number of ketones is 1. The maximum absolute atomic E-state index is 13.2. The number of hydrogen-bond donors (Lipinski definition) is 1. The summed E-state index contributed by atoms with van der Waals surface area (Å²) in [5.74, 6) is 1.92. The van der Waals surface area contributed by atoms with E-state index in [9.17, 15) is 9.90 Å². The number of hydrogen-bond acceptors (Lipinski definition) is 6. The van der Waals surface area contributed by atoms with Crippen molar-refractivity contribution in [3.05, 3.63) is 107 Å². The Kier molecular flexibility index (Phi) is 9.34. The number of rotatable bonds is 11. The van der Waals surface area contributed by atoms with Gasteiger partial charge in [0.05, 0.1) is 28.4 Å². The normalized spacial score (nSPS) is 11.9. The Hall–Kier alpha value is -4.45. The van der Waals surface area contributed by atoms with Crippen molar-refractivity contribution >= 4 is 17.9 Å². The van der Waals surface area contributed by atoms with E-state index in [0.29, 0.717) is 23.0 Å². The Labute approximate surface area is 211 Å². The molecule has 36 heavy (non-hydrogen) atoms. The van der Waals surface area contributed by atoms with Crippen molar-refractivity contribution in [2.75, 3.05) is 28.4 Å². The lowest BCUT2D eigenvalue weighted by Crippen LogP contribution is -2.06. The highest BCUT2D eigenvalue weighted by Crippen LogP contribution is 2.29. The Balaban J connectivity index is 1.92. The molecule has 0 spiro atoms. The van der Waals surface area contributed by atoms with Crippen LogP contribution < -0.4 is 18.9 Å². The smallest absolute Gasteiger partial charge is 0.185 e. The first-order valence-electron chi connectivity index (χ1n) is 11.3. The van der Waals surface area contributed by atoms with E-state index in [1.54, 1.807) is 64.9 Å². The minimum atomic E-state index is -0.303. The van der Waals surface area contributed by atoms with Gasteiger partial charge >= 0.3 is 0 Å². The summed E-state index contributed by atoms with van der Waals surface area (Å²) < 4.78 is 21.2. The highest BCUT2D eigenvalue weighted by Gasteiger charge is 2.13. The summed E-state index contributed by atoms with van der Waals surface area (Å²) in [6.07, 6.45) is 6.63. The topological polar surface area (TPSA) is 74.2 Å². The summed E-state index contributed by atoms with van der Waals surface area (Å²) in [6.45, 7) is 0. The zero-order valence-corrected chi connectivity index (χ0v) is 20.9. The molecule has 1 N–H and O–H groups in total. The van der Waals surface area contributed by atoms with Crippen LogP contribution in [0, 0.1) is 0 Å². The molecule has 6 nitrogen and oxygen atoms in total. The fourth-order valence-electron chi connectivity index (χ4n) is 3.57. The first kappa shape index (κ1) is 26.2. The predicted molar refractivity (Wildman–Crippen MR) is 142 cm³/mol. The lowest BCUT2D eigenvalue weighted by Gasteiger charge is -2.09. The van der Waals surface area contributed by atoms with Crippen LogP contribution in [0.25, 0.3) is 12.2 Å². The number of methoxy groups -OCH3 is 4. The fraction of sp³-hybridized carbons (Fsp3) is 0.167. The van der Waals surface area contributed by atoms with Crippen LogP contribution in [0.3, 0.4) is 0 Å². The zero-order valence-electron chi connectivity index (χ0n) is 20.9. The van der Waals surface area contributed by atoms with Crippen LogP contribution >= 0.6 is 0 Å². The molecule has 0 aromatic heterocycles. The molecule has 0 amide bonds. The van der Waals surface area contributed by atoms with Gasteiger partial charge < -0.3 is 24.1 Å². The van der Waals surface area contributed by atoms with Crippen LogP contribution in [0.2, 0.25) is 0 Å². The average Bonchev–Trinajstić information content (AvgIpc) is 2.93. The number of benzene rings is 3. The molecule has 0 radical (unpaired) electrons. The molecule has 0 saturated heterocycles. The molecule has 0 atom stereocenters. The third kappa shape index (κ3) is 6.79. The van der Waals surface area contributed by atoms with Crippen molar-refractivity contribution in [3.63, 3.8) is 0 Å². The first-order valence-corrected chi connectivity index (χ1v) is 11.3. The van der Waals surface area contributed by atoms with Gasteiger partial charge in [0, 0.05) is 12.0 Å². The number of ether oxygens (including phenoxy) is 4. The van der Waals surface area contributed by atoms with E-state index in [4.69, 9.17) is 18.9 Å². The number of carbonyl (C=O) groups excluding carboxylic acids is 1. The zero-order chi connectivity index (χ0) is 25.9. The molecule has 6 heteroatoms. The summed E-state index contributed by atoms with van der Waals surface area (Å²) >= 11 is 0. The van der Waals surface area contributed by atoms with E-state index in [-0.39, 0.29) is 23.5 Å². The van der Waals surface area contributed by atoms with Crippen molar-refractivity contribution < 1.29 is 28.8 Å². The summed E-state index contributed by atoms with van der Waals surface area (Å²) in [6, 6.07) is 20.3. The maximum atomic E-state index is 13.2. The maximum Gasteiger partial charge on any atom is 0.185 e. The highest BCUT2D eigenvalue weighted by molar-refractivity contribution is 6.07. The Morgan fingerprint density at radius 2 is 1.19 bits per heavy atom. The van der Waals surface area contributed by atoms with Gasteiger partial charge in [0.1, 0.15) is 5.76 Å². The third-order valence-corrected chi connectivity index (χ3v) is 5.51. The molecule has 0 unspecified atom stereocenters. The first-order chi connectivity index (χ1) is 17.5. The van der Waals surface area contributed by atoms with Crippen molar-refractivity contribution in [1.82, 2.24) is 0 Å². The standard InChI is InChI=1S/C30H30O6/c1-33-27-16-12-22(19-29(27)35-3)10-14-25(31)24(18-21-8-6-5-7-9-21)26(32)15-11-23-13-17-28(34-2)30(20-23)36-4/h5-17,19-20,31H,18H2,1-4H3. The van der Waals surface area contributed by atoms with Gasteiger partial charge in [-0.15, -0.1) is 0 Å². The van der Waals surface area contributed by atoms with E-state index in [1.165, 1.54) is 12.2 Å². The van der Waals surface area contributed by atoms with Gasteiger partial charge in [-0.1, -0.05) is 54.6 Å². The van der Waals surface area contributed by atoms with Gasteiger partial charge in [0.15, 0.2) is 28.8 Å². The minimum Gasteiger partial charge on any atom is -0.508 e. The van der Waals surface area contributed by atoms with E-state index >= 15 is 0 Å². The van der Waals surface area contributed by atoms with Gasteiger partial charge in [0.25, 0.3) is 0 Å². The summed E-state index contributed by atoms with van der Waals surface area (Å²) in [4.78, 5) is 13.2. The Bertz CT molecular complexity index is 1270. The summed E-state index contributed by atoms with van der Waals surface area (Å²) in [5, 5.41) is 10.9. The number of aliphatic hydroxyl groups is 1. The van der Waals surface area contributed by atoms with Gasteiger partial charge in [-0.2, -0.15) is 0 Å². The highest BCUT2D eigenvalue weighted by atomic mass is 16.5. The van der Waals surface area contributed by atoms with Crippen LogP contribution in [-0.4, -0.2) is 39.3 Å². The third-order valence-electron chi connectivity index (χ3n) is 5.51. The second-order valence-electron chi connectivity index (χ2n) is 7.79. The second kappa shape index (κ2) is 12.9. The van der Waals surface area contributed by atoms with E-state index in [1.807, 2.05) is 42.5 Å². The van der Waals surface area contributed by atoms with Crippen LogP contribution in [-0.2, 0) is 11.2 Å². The molecule has 0 aliphatic carbocycles. The van der Waals surface area contributed by atoms with Crippen LogP contribution in [0.1, 0.15) is 16.7 Å². The second-order valence-corrected chi connectivity index (χ2v) is 7.79. The molecular formula is C30H30O6. The molecule has 3 rings (SSSR count). The van der Waals surface area contributed by atoms with Gasteiger partial charge in [0.2, 0.25) is 0 Å². The Morgan fingerprint density at radius 3 is 1.69 bits per heavy atom. The van der Waals surface area contributed by atoms with Crippen molar-refractivity contribution in [2.24, 2.45) is 0 Å². The molecule has 0 saturated carbocycles.